The lowest BCUT2D eigenvalue weighted by Crippen LogP contribution is -2.58. The van der Waals surface area contributed by atoms with E-state index in [0.717, 1.165) is 17.5 Å². The number of carbonyl (C=O) groups is 1. The van der Waals surface area contributed by atoms with E-state index in [9.17, 15) is 4.79 Å². The highest BCUT2D eigenvalue weighted by molar-refractivity contribution is 5.92. The largest absolute Gasteiger partial charge is 0.493 e. The second-order valence-corrected chi connectivity index (χ2v) is 9.88. The Hall–Kier alpha value is -2.85. The van der Waals surface area contributed by atoms with Crippen LogP contribution in [0.3, 0.4) is 0 Å². The van der Waals surface area contributed by atoms with Gasteiger partial charge in [0.05, 0.1) is 65.7 Å². The van der Waals surface area contributed by atoms with E-state index in [2.05, 4.69) is 0 Å². The Morgan fingerprint density at radius 2 is 1.00 bits per heavy atom. The van der Waals surface area contributed by atoms with Crippen molar-refractivity contribution in [3.63, 3.8) is 0 Å². The summed E-state index contributed by atoms with van der Waals surface area (Å²) in [5.74, 6) is 2.56. The van der Waals surface area contributed by atoms with Crippen LogP contribution in [0.5, 0.6) is 23.0 Å². The van der Waals surface area contributed by atoms with E-state index in [1.807, 2.05) is 36.4 Å². The maximum Gasteiger partial charge on any atom is 0.184 e. The van der Waals surface area contributed by atoms with Crippen LogP contribution in [-0.2, 0) is 23.7 Å². The maximum absolute atomic E-state index is 13.9. The zero-order chi connectivity index (χ0) is 26.0. The molecule has 3 fully saturated rings. The topological polar surface area (TPSA) is 90.9 Å². The van der Waals surface area contributed by atoms with E-state index >= 15 is 0 Å². The first-order valence-electron chi connectivity index (χ1n) is 12.4. The fourth-order valence-electron chi connectivity index (χ4n) is 5.61. The average Bonchev–Trinajstić information content (AvgIpc) is 2.96. The summed E-state index contributed by atoms with van der Waals surface area (Å²) in [5, 5.41) is 0. The first-order chi connectivity index (χ1) is 18.0. The minimum atomic E-state index is -0.714. The van der Waals surface area contributed by atoms with E-state index in [-0.39, 0.29) is 32.2 Å². The van der Waals surface area contributed by atoms with Crippen molar-refractivity contribution < 1.29 is 42.7 Å². The monoisotopic (exact) mass is 514 g/mol. The Kier molecular flexibility index (Phi) is 7.31. The molecule has 0 bridgehead atoms. The molecule has 37 heavy (non-hydrogen) atoms. The predicted molar refractivity (Wildman–Crippen MR) is 132 cm³/mol. The van der Waals surface area contributed by atoms with Gasteiger partial charge < -0.3 is 37.9 Å². The Morgan fingerprint density at radius 3 is 1.35 bits per heavy atom. The van der Waals surface area contributed by atoms with Crippen molar-refractivity contribution in [2.45, 2.75) is 31.8 Å². The van der Waals surface area contributed by atoms with Gasteiger partial charge in [-0.1, -0.05) is 18.6 Å². The molecule has 2 aliphatic heterocycles. The van der Waals surface area contributed by atoms with E-state index in [1.54, 1.807) is 28.4 Å². The summed E-state index contributed by atoms with van der Waals surface area (Å²) in [5.41, 5.74) is 0.197. The molecule has 5 rings (SSSR count). The number of Topliss-reactive ketones (excluding diaryl/α,β-unsaturated/α-hetero) is 1. The first kappa shape index (κ1) is 25.8. The summed E-state index contributed by atoms with van der Waals surface area (Å²) in [6, 6.07) is 11.1. The zero-order valence-corrected chi connectivity index (χ0v) is 21.7. The standard InChI is InChI=1S/C28H34O9/c1-30-20-8-6-18(12-22(20)32-3)24-34-14-27(15-35-24)10-5-11-28(26(27)29)16-36-25(37-17-28)19-7-9-21(31-2)23(13-19)33-4/h6-9,12-13,24-25H,5,10-11,14-17H2,1-4H3. The summed E-state index contributed by atoms with van der Waals surface area (Å²) in [6.45, 7) is 1.13. The molecule has 1 saturated carbocycles. The van der Waals surface area contributed by atoms with Crippen LogP contribution in [0.15, 0.2) is 36.4 Å². The summed E-state index contributed by atoms with van der Waals surface area (Å²) >= 11 is 0. The highest BCUT2D eigenvalue weighted by Gasteiger charge is 2.57. The molecule has 200 valence electrons. The lowest BCUT2D eigenvalue weighted by atomic mass is 9.61. The number of rotatable bonds is 6. The molecule has 3 aliphatic rings. The molecule has 0 N–H and O–H groups in total. The van der Waals surface area contributed by atoms with Gasteiger partial charge in [-0.05, 0) is 37.1 Å². The molecule has 9 nitrogen and oxygen atoms in total. The number of carbonyl (C=O) groups excluding carboxylic acids is 1. The van der Waals surface area contributed by atoms with Gasteiger partial charge in [0.2, 0.25) is 0 Å². The van der Waals surface area contributed by atoms with Gasteiger partial charge in [-0.25, -0.2) is 0 Å². The van der Waals surface area contributed by atoms with Gasteiger partial charge in [-0.3, -0.25) is 4.79 Å². The molecular formula is C28H34O9. The van der Waals surface area contributed by atoms with Crippen molar-refractivity contribution >= 4 is 5.78 Å². The molecule has 2 heterocycles. The van der Waals surface area contributed by atoms with Crippen LogP contribution in [0.1, 0.15) is 43.0 Å². The summed E-state index contributed by atoms with van der Waals surface area (Å²) in [4.78, 5) is 13.9. The van der Waals surface area contributed by atoms with E-state index in [4.69, 9.17) is 37.9 Å². The second-order valence-electron chi connectivity index (χ2n) is 9.88. The summed E-state index contributed by atoms with van der Waals surface area (Å²) in [7, 11) is 6.36. The minimum absolute atomic E-state index is 0.0998. The Balaban J connectivity index is 1.26. The number of benzene rings is 2. The number of methoxy groups -OCH3 is 4. The molecule has 1 aliphatic carbocycles. The van der Waals surface area contributed by atoms with Gasteiger partial charge in [0.15, 0.2) is 41.4 Å². The van der Waals surface area contributed by atoms with Crippen LogP contribution < -0.4 is 18.9 Å². The smallest absolute Gasteiger partial charge is 0.184 e. The molecule has 0 atom stereocenters. The number of hydrogen-bond acceptors (Lipinski definition) is 9. The fourth-order valence-corrected chi connectivity index (χ4v) is 5.61. The zero-order valence-electron chi connectivity index (χ0n) is 21.7. The summed E-state index contributed by atoms with van der Waals surface area (Å²) < 4.78 is 45.9. The van der Waals surface area contributed by atoms with Crippen LogP contribution >= 0.6 is 0 Å². The molecule has 0 aromatic heterocycles. The molecular weight excluding hydrogens is 480 g/mol. The minimum Gasteiger partial charge on any atom is -0.493 e. The number of hydrogen-bond donors (Lipinski definition) is 0. The van der Waals surface area contributed by atoms with Crippen LogP contribution in [0, 0.1) is 10.8 Å². The lowest BCUT2D eigenvalue weighted by Gasteiger charge is -2.50. The quantitative estimate of drug-likeness (QED) is 0.561. The van der Waals surface area contributed by atoms with Crippen molar-refractivity contribution in [1.82, 2.24) is 0 Å². The van der Waals surface area contributed by atoms with Crippen molar-refractivity contribution in [3.8, 4) is 23.0 Å². The molecule has 2 spiro atoms. The van der Waals surface area contributed by atoms with Crippen LogP contribution in [-0.4, -0.2) is 60.6 Å². The van der Waals surface area contributed by atoms with Gasteiger partial charge in [0.25, 0.3) is 0 Å². The van der Waals surface area contributed by atoms with Crippen molar-refractivity contribution in [2.24, 2.45) is 10.8 Å². The Labute approximate surface area is 216 Å². The third-order valence-corrected chi connectivity index (χ3v) is 7.68. The van der Waals surface area contributed by atoms with Crippen molar-refractivity contribution in [3.05, 3.63) is 47.5 Å². The molecule has 2 aromatic rings. The van der Waals surface area contributed by atoms with Gasteiger partial charge >= 0.3 is 0 Å². The fraction of sp³-hybridized carbons (Fsp3) is 0.536. The molecule has 0 unspecified atom stereocenters. The van der Waals surface area contributed by atoms with Crippen molar-refractivity contribution in [1.29, 1.82) is 0 Å². The van der Waals surface area contributed by atoms with Crippen LogP contribution in [0.25, 0.3) is 0 Å². The van der Waals surface area contributed by atoms with E-state index < -0.39 is 23.4 Å². The second kappa shape index (κ2) is 10.5. The van der Waals surface area contributed by atoms with Crippen LogP contribution in [0.2, 0.25) is 0 Å². The SMILES string of the molecule is COc1ccc(C2OCC3(CCCC4(COC(c5ccc(OC)c(OC)c5)OC4)C3=O)CO2)cc1OC. The van der Waals surface area contributed by atoms with Gasteiger partial charge in [0.1, 0.15) is 0 Å². The van der Waals surface area contributed by atoms with Gasteiger partial charge in [0, 0.05) is 11.1 Å². The molecule has 0 amide bonds. The maximum atomic E-state index is 13.9. The predicted octanol–water partition coefficient (Wildman–Crippen LogP) is 4.24. The highest BCUT2D eigenvalue weighted by atomic mass is 16.7. The molecule has 2 aromatic carbocycles. The Morgan fingerprint density at radius 1 is 0.622 bits per heavy atom. The Bertz CT molecular complexity index is 1030. The lowest BCUT2D eigenvalue weighted by molar-refractivity contribution is -0.261. The highest BCUT2D eigenvalue weighted by Crippen LogP contribution is 2.50. The van der Waals surface area contributed by atoms with Crippen LogP contribution in [0.4, 0.5) is 0 Å². The summed E-state index contributed by atoms with van der Waals surface area (Å²) in [6.07, 6.45) is 1.14. The average molecular weight is 515 g/mol. The van der Waals surface area contributed by atoms with Gasteiger partial charge in [-0.15, -0.1) is 0 Å². The normalized spacial score (nSPS) is 29.8. The third kappa shape index (κ3) is 4.65. The van der Waals surface area contributed by atoms with E-state index in [1.165, 1.54) is 0 Å². The number of ketones is 1. The number of ether oxygens (including phenoxy) is 8. The van der Waals surface area contributed by atoms with Crippen molar-refractivity contribution in [2.75, 3.05) is 54.9 Å². The third-order valence-electron chi connectivity index (χ3n) is 7.68. The van der Waals surface area contributed by atoms with Gasteiger partial charge in [-0.2, -0.15) is 0 Å². The molecule has 9 heteroatoms. The van der Waals surface area contributed by atoms with E-state index in [0.29, 0.717) is 35.8 Å². The first-order valence-corrected chi connectivity index (χ1v) is 12.4. The molecule has 0 radical (unpaired) electrons. The molecule has 2 saturated heterocycles.